The number of pyridine rings is 1. The number of carbonyl (C=O) groups is 1. The number of rotatable bonds is 6. The second kappa shape index (κ2) is 7.09. The number of aromatic nitrogens is 1. The molecule has 1 rings (SSSR count). The zero-order valence-corrected chi connectivity index (χ0v) is 11.9. The van der Waals surface area contributed by atoms with E-state index < -0.39 is 0 Å². The molecule has 0 saturated heterocycles. The van der Waals surface area contributed by atoms with Gasteiger partial charge in [-0.15, -0.1) is 0 Å². The highest BCUT2D eigenvalue weighted by molar-refractivity contribution is 5.76. The van der Waals surface area contributed by atoms with E-state index in [-0.39, 0.29) is 17.0 Å². The summed E-state index contributed by atoms with van der Waals surface area (Å²) in [4.78, 5) is 23.0. The summed E-state index contributed by atoms with van der Waals surface area (Å²) < 4.78 is 1.64. The lowest BCUT2D eigenvalue weighted by molar-refractivity contribution is -0.122. The summed E-state index contributed by atoms with van der Waals surface area (Å²) in [6, 6.07) is 5.10. The molecule has 2 N–H and O–H groups in total. The van der Waals surface area contributed by atoms with Gasteiger partial charge in [0.05, 0.1) is 0 Å². The highest BCUT2D eigenvalue weighted by Gasteiger charge is 2.12. The fourth-order valence-electron chi connectivity index (χ4n) is 1.65. The third kappa shape index (κ3) is 6.76. The summed E-state index contributed by atoms with van der Waals surface area (Å²) in [5.74, 6) is 0.0388. The van der Waals surface area contributed by atoms with Gasteiger partial charge in [0.2, 0.25) is 5.91 Å². The van der Waals surface area contributed by atoms with Crippen LogP contribution in [0.25, 0.3) is 0 Å². The molecule has 0 aliphatic carbocycles. The van der Waals surface area contributed by atoms with E-state index in [0.29, 0.717) is 26.1 Å². The zero-order valence-electron chi connectivity index (χ0n) is 11.9. The number of nitrogens with zero attached hydrogens (tertiary/aromatic N) is 1. The maximum Gasteiger partial charge on any atom is 0.250 e. The average Bonchev–Trinajstić information content (AvgIpc) is 2.28. The van der Waals surface area contributed by atoms with Crippen LogP contribution < -0.4 is 16.2 Å². The molecule has 1 amide bonds. The van der Waals surface area contributed by atoms with Crippen molar-refractivity contribution in [3.05, 3.63) is 34.7 Å². The molecule has 106 valence electrons. The molecule has 0 radical (unpaired) electrons. The Bertz CT molecular complexity index is 460. The molecule has 0 atom stereocenters. The third-order valence-corrected chi connectivity index (χ3v) is 2.47. The van der Waals surface area contributed by atoms with Crippen LogP contribution in [0.2, 0.25) is 0 Å². The average molecular weight is 265 g/mol. The van der Waals surface area contributed by atoms with Gasteiger partial charge in [0.25, 0.3) is 5.56 Å². The van der Waals surface area contributed by atoms with Crippen LogP contribution in [0.3, 0.4) is 0 Å². The Morgan fingerprint density at radius 3 is 2.63 bits per heavy atom. The normalized spacial score (nSPS) is 11.3. The minimum atomic E-state index is -0.186. The third-order valence-electron chi connectivity index (χ3n) is 2.47. The first kappa shape index (κ1) is 15.4. The van der Waals surface area contributed by atoms with Gasteiger partial charge in [-0.1, -0.05) is 6.07 Å². The Labute approximate surface area is 114 Å². The summed E-state index contributed by atoms with van der Waals surface area (Å²) in [6.07, 6.45) is 2.21. The second-order valence-corrected chi connectivity index (χ2v) is 5.53. The number of nitrogens with one attached hydrogen (secondary N) is 2. The number of carbonyl (C=O) groups excluding carboxylic acids is 1. The van der Waals surface area contributed by atoms with Gasteiger partial charge in [-0.25, -0.2) is 0 Å². The van der Waals surface area contributed by atoms with Crippen molar-refractivity contribution in [2.24, 2.45) is 0 Å². The topological polar surface area (TPSA) is 63.1 Å². The standard InChI is InChI=1S/C14H23N3O2/c1-14(2,3)16-12(18)7-8-15-9-11-17-10-5-4-6-13(17)19/h4-6,10,15H,7-9,11H2,1-3H3,(H,16,18). The van der Waals surface area contributed by atoms with Crippen LogP contribution in [0.5, 0.6) is 0 Å². The van der Waals surface area contributed by atoms with Crippen molar-refractivity contribution in [3.63, 3.8) is 0 Å². The summed E-state index contributed by atoms with van der Waals surface area (Å²) in [5, 5.41) is 6.06. The summed E-state index contributed by atoms with van der Waals surface area (Å²) in [7, 11) is 0. The molecule has 0 aromatic carbocycles. The van der Waals surface area contributed by atoms with Crippen LogP contribution in [0.4, 0.5) is 0 Å². The monoisotopic (exact) mass is 265 g/mol. The van der Waals surface area contributed by atoms with Crippen molar-refractivity contribution in [3.8, 4) is 0 Å². The second-order valence-electron chi connectivity index (χ2n) is 5.53. The number of amides is 1. The highest BCUT2D eigenvalue weighted by Crippen LogP contribution is 1.98. The molecule has 1 aromatic heterocycles. The molecule has 0 bridgehead atoms. The molecule has 0 aliphatic heterocycles. The molecule has 19 heavy (non-hydrogen) atoms. The first-order chi connectivity index (χ1) is 8.88. The largest absolute Gasteiger partial charge is 0.351 e. The van der Waals surface area contributed by atoms with Crippen LogP contribution >= 0.6 is 0 Å². The Morgan fingerprint density at radius 2 is 2.00 bits per heavy atom. The van der Waals surface area contributed by atoms with E-state index in [1.54, 1.807) is 16.8 Å². The molecule has 5 heteroatoms. The predicted molar refractivity (Wildman–Crippen MR) is 76.1 cm³/mol. The highest BCUT2D eigenvalue weighted by atomic mass is 16.1. The van der Waals surface area contributed by atoms with Crippen molar-refractivity contribution < 1.29 is 4.79 Å². The fraction of sp³-hybridized carbons (Fsp3) is 0.571. The molecule has 0 fully saturated rings. The quantitative estimate of drug-likeness (QED) is 0.746. The number of hydrogen-bond donors (Lipinski definition) is 2. The summed E-state index contributed by atoms with van der Waals surface area (Å²) in [6.45, 7) is 7.78. The Balaban J connectivity index is 2.17. The van der Waals surface area contributed by atoms with Crippen LogP contribution in [-0.2, 0) is 11.3 Å². The molecule has 1 aromatic rings. The van der Waals surface area contributed by atoms with Gasteiger partial charge in [-0.05, 0) is 26.8 Å². The summed E-state index contributed by atoms with van der Waals surface area (Å²) >= 11 is 0. The van der Waals surface area contributed by atoms with E-state index in [1.165, 1.54) is 6.07 Å². The molecule has 0 aliphatic rings. The molecular weight excluding hydrogens is 242 g/mol. The molecule has 0 spiro atoms. The maximum absolute atomic E-state index is 11.5. The zero-order chi connectivity index (χ0) is 14.3. The van der Waals surface area contributed by atoms with Gasteiger partial charge >= 0.3 is 0 Å². The van der Waals surface area contributed by atoms with Crippen LogP contribution in [0.15, 0.2) is 29.2 Å². The lowest BCUT2D eigenvalue weighted by Gasteiger charge is -2.20. The van der Waals surface area contributed by atoms with Crippen molar-refractivity contribution in [1.82, 2.24) is 15.2 Å². The van der Waals surface area contributed by atoms with Gasteiger partial charge in [0.15, 0.2) is 0 Å². The minimum absolute atomic E-state index is 0.00484. The predicted octanol–water partition coefficient (Wildman–Crippen LogP) is 0.743. The molecular formula is C14H23N3O2. The van der Waals surface area contributed by atoms with Gasteiger partial charge in [-0.3, -0.25) is 9.59 Å². The first-order valence-electron chi connectivity index (χ1n) is 6.56. The van der Waals surface area contributed by atoms with E-state index in [1.807, 2.05) is 26.8 Å². The van der Waals surface area contributed by atoms with Gasteiger partial charge in [0, 0.05) is 43.9 Å². The van der Waals surface area contributed by atoms with E-state index in [4.69, 9.17) is 0 Å². The molecule has 1 heterocycles. The van der Waals surface area contributed by atoms with E-state index in [9.17, 15) is 9.59 Å². The number of hydrogen-bond acceptors (Lipinski definition) is 3. The van der Waals surface area contributed by atoms with Crippen LogP contribution in [-0.4, -0.2) is 29.1 Å². The molecule has 0 saturated carbocycles. The Morgan fingerprint density at radius 1 is 1.26 bits per heavy atom. The Kier molecular flexibility index (Phi) is 5.76. The lowest BCUT2D eigenvalue weighted by atomic mass is 10.1. The minimum Gasteiger partial charge on any atom is -0.351 e. The maximum atomic E-state index is 11.5. The summed E-state index contributed by atoms with van der Waals surface area (Å²) in [5.41, 5.74) is -0.191. The van der Waals surface area contributed by atoms with Gasteiger partial charge in [0.1, 0.15) is 0 Å². The molecule has 0 unspecified atom stereocenters. The smallest absolute Gasteiger partial charge is 0.250 e. The van der Waals surface area contributed by atoms with Crippen LogP contribution in [0.1, 0.15) is 27.2 Å². The SMILES string of the molecule is CC(C)(C)NC(=O)CCNCCn1ccccc1=O. The lowest BCUT2D eigenvalue weighted by Crippen LogP contribution is -2.41. The van der Waals surface area contributed by atoms with Crippen molar-refractivity contribution in [1.29, 1.82) is 0 Å². The van der Waals surface area contributed by atoms with E-state index >= 15 is 0 Å². The first-order valence-corrected chi connectivity index (χ1v) is 6.56. The van der Waals surface area contributed by atoms with Crippen molar-refractivity contribution >= 4 is 5.91 Å². The van der Waals surface area contributed by atoms with Gasteiger partial charge in [-0.2, -0.15) is 0 Å². The van der Waals surface area contributed by atoms with Crippen LogP contribution in [0, 0.1) is 0 Å². The van der Waals surface area contributed by atoms with E-state index in [2.05, 4.69) is 10.6 Å². The van der Waals surface area contributed by atoms with Crippen molar-refractivity contribution in [2.75, 3.05) is 13.1 Å². The van der Waals surface area contributed by atoms with Crippen molar-refractivity contribution in [2.45, 2.75) is 39.3 Å². The van der Waals surface area contributed by atoms with Gasteiger partial charge < -0.3 is 15.2 Å². The molecule has 5 nitrogen and oxygen atoms in total. The fourth-order valence-corrected chi connectivity index (χ4v) is 1.65. The Hall–Kier alpha value is -1.62. The van der Waals surface area contributed by atoms with E-state index in [0.717, 1.165) is 0 Å².